The van der Waals surface area contributed by atoms with Crippen LogP contribution in [0.1, 0.15) is 15.9 Å². The van der Waals surface area contributed by atoms with Gasteiger partial charge in [0, 0.05) is 12.6 Å². The van der Waals surface area contributed by atoms with Gasteiger partial charge in [0.1, 0.15) is 18.2 Å². The van der Waals surface area contributed by atoms with E-state index in [-0.39, 0.29) is 27.7 Å². The highest BCUT2D eigenvalue weighted by Gasteiger charge is 2.24. The third-order valence-corrected chi connectivity index (χ3v) is 6.72. The van der Waals surface area contributed by atoms with E-state index in [1.165, 1.54) is 56.6 Å². The Hall–Kier alpha value is -3.10. The minimum absolute atomic E-state index is 0.0189. The van der Waals surface area contributed by atoms with E-state index < -0.39 is 21.8 Å². The number of rotatable bonds is 7. The molecule has 0 radical (unpaired) electrons. The maximum atomic E-state index is 13.8. The van der Waals surface area contributed by atoms with Crippen molar-refractivity contribution >= 4 is 33.3 Å². The Morgan fingerprint density at radius 2 is 1.71 bits per heavy atom. The van der Waals surface area contributed by atoms with Crippen LogP contribution in [-0.4, -0.2) is 28.5 Å². The van der Waals surface area contributed by atoms with Crippen molar-refractivity contribution in [2.45, 2.75) is 11.5 Å². The Kier molecular flexibility index (Phi) is 6.82. The summed E-state index contributed by atoms with van der Waals surface area (Å²) in [6.45, 7) is -0.346. The lowest BCUT2D eigenvalue weighted by molar-refractivity contribution is 0.0469. The molecule has 9 heteroatoms. The minimum Gasteiger partial charge on any atom is -0.495 e. The molecule has 162 valence electrons. The molecule has 3 rings (SSSR count). The summed E-state index contributed by atoms with van der Waals surface area (Å²) in [4.78, 5) is 12.3. The Balaban J connectivity index is 1.76. The topological polar surface area (TPSA) is 72.9 Å². The fourth-order valence-corrected chi connectivity index (χ4v) is 4.26. The van der Waals surface area contributed by atoms with Gasteiger partial charge >= 0.3 is 5.97 Å². The van der Waals surface area contributed by atoms with Crippen molar-refractivity contribution in [2.75, 3.05) is 18.5 Å². The lowest BCUT2D eigenvalue weighted by Crippen LogP contribution is -2.27. The Bertz CT molecular complexity index is 1180. The number of nitrogens with zero attached hydrogens (tertiary/aromatic N) is 1. The van der Waals surface area contributed by atoms with Crippen LogP contribution in [0, 0.1) is 5.82 Å². The number of sulfonamides is 1. The first kappa shape index (κ1) is 22.6. The molecular formula is C22H19ClFNO5S. The number of benzene rings is 3. The van der Waals surface area contributed by atoms with Gasteiger partial charge in [-0.15, -0.1) is 0 Å². The fraction of sp³-hybridized carbons (Fsp3) is 0.136. The third-order valence-electron chi connectivity index (χ3n) is 4.58. The van der Waals surface area contributed by atoms with Gasteiger partial charge < -0.3 is 9.47 Å². The Labute approximate surface area is 184 Å². The van der Waals surface area contributed by atoms with E-state index >= 15 is 0 Å². The smallest absolute Gasteiger partial charge is 0.338 e. The molecule has 0 spiro atoms. The molecular weight excluding hydrogens is 445 g/mol. The quantitative estimate of drug-likeness (QED) is 0.476. The number of esters is 1. The Morgan fingerprint density at radius 1 is 1.03 bits per heavy atom. The minimum atomic E-state index is -3.90. The zero-order valence-corrected chi connectivity index (χ0v) is 18.3. The van der Waals surface area contributed by atoms with Crippen molar-refractivity contribution in [3.8, 4) is 5.75 Å². The molecule has 0 heterocycles. The maximum absolute atomic E-state index is 13.8. The van der Waals surface area contributed by atoms with Crippen LogP contribution in [0.5, 0.6) is 5.75 Å². The summed E-state index contributed by atoms with van der Waals surface area (Å²) in [6, 6.07) is 16.1. The van der Waals surface area contributed by atoms with Crippen molar-refractivity contribution in [2.24, 2.45) is 0 Å². The van der Waals surface area contributed by atoms with Crippen LogP contribution < -0.4 is 9.04 Å². The molecule has 3 aromatic carbocycles. The highest BCUT2D eigenvalue weighted by Crippen LogP contribution is 2.31. The highest BCUT2D eigenvalue weighted by atomic mass is 35.5. The zero-order chi connectivity index (χ0) is 22.6. The number of ether oxygens (including phenoxy) is 2. The number of halogens is 2. The summed E-state index contributed by atoms with van der Waals surface area (Å²) in [5.41, 5.74) is 0.553. The largest absolute Gasteiger partial charge is 0.495 e. The number of methoxy groups -OCH3 is 1. The van der Waals surface area contributed by atoms with Crippen LogP contribution in [0.15, 0.2) is 71.6 Å². The predicted octanol–water partition coefficient (Wildman–Crippen LogP) is 4.67. The van der Waals surface area contributed by atoms with E-state index in [0.29, 0.717) is 11.4 Å². The van der Waals surface area contributed by atoms with E-state index in [2.05, 4.69) is 0 Å². The van der Waals surface area contributed by atoms with Gasteiger partial charge in [0.2, 0.25) is 0 Å². The van der Waals surface area contributed by atoms with Gasteiger partial charge in [-0.1, -0.05) is 29.8 Å². The molecule has 0 fully saturated rings. The molecule has 0 aliphatic carbocycles. The second-order valence-electron chi connectivity index (χ2n) is 6.45. The summed E-state index contributed by atoms with van der Waals surface area (Å²) in [7, 11) is -1.04. The third kappa shape index (κ3) is 4.81. The molecule has 0 atom stereocenters. The van der Waals surface area contributed by atoms with E-state index in [1.807, 2.05) is 0 Å². The van der Waals surface area contributed by atoms with Crippen LogP contribution in [0.2, 0.25) is 5.02 Å². The van der Waals surface area contributed by atoms with Crippen molar-refractivity contribution in [3.63, 3.8) is 0 Å². The van der Waals surface area contributed by atoms with Crippen LogP contribution in [-0.2, 0) is 21.4 Å². The first-order valence-corrected chi connectivity index (χ1v) is 10.9. The number of hydrogen-bond donors (Lipinski definition) is 0. The van der Waals surface area contributed by atoms with Crippen LogP contribution in [0.4, 0.5) is 10.1 Å². The van der Waals surface area contributed by atoms with Crippen molar-refractivity contribution in [1.82, 2.24) is 0 Å². The molecule has 0 aliphatic rings. The average molecular weight is 464 g/mol. The summed E-state index contributed by atoms with van der Waals surface area (Å²) >= 11 is 5.92. The molecule has 0 aliphatic heterocycles. The first-order chi connectivity index (χ1) is 14.8. The second kappa shape index (κ2) is 9.36. The summed E-state index contributed by atoms with van der Waals surface area (Å²) in [5, 5.41) is 0.147. The number of hydrogen-bond acceptors (Lipinski definition) is 5. The van der Waals surface area contributed by atoms with Gasteiger partial charge in [0.25, 0.3) is 10.0 Å². The monoisotopic (exact) mass is 463 g/mol. The molecule has 0 amide bonds. The SMILES string of the molecule is COc1ccccc1N(C)S(=O)(=O)c1ccc(C(=O)OCc2c(F)cccc2Cl)cc1. The van der Waals surface area contributed by atoms with E-state index in [4.69, 9.17) is 21.1 Å². The summed E-state index contributed by atoms with van der Waals surface area (Å²) in [6.07, 6.45) is 0. The van der Waals surface area contributed by atoms with E-state index in [9.17, 15) is 17.6 Å². The van der Waals surface area contributed by atoms with Gasteiger partial charge in [0.05, 0.1) is 28.3 Å². The lowest BCUT2D eigenvalue weighted by Gasteiger charge is -2.21. The summed E-state index contributed by atoms with van der Waals surface area (Å²) < 4.78 is 51.2. The zero-order valence-electron chi connectivity index (χ0n) is 16.7. The number of para-hydroxylation sites is 2. The standard InChI is InChI=1S/C22H19ClFNO5S/c1-25(20-8-3-4-9-21(20)29-2)31(27,28)16-12-10-15(11-13-16)22(26)30-14-17-18(23)6-5-7-19(17)24/h3-13H,14H2,1-2H3. The van der Waals surface area contributed by atoms with Crippen molar-refractivity contribution in [1.29, 1.82) is 0 Å². The van der Waals surface area contributed by atoms with Gasteiger partial charge in [-0.3, -0.25) is 4.31 Å². The van der Waals surface area contributed by atoms with Crippen molar-refractivity contribution < 1.29 is 27.1 Å². The van der Waals surface area contributed by atoms with Crippen LogP contribution in [0.25, 0.3) is 0 Å². The first-order valence-electron chi connectivity index (χ1n) is 9.07. The lowest BCUT2D eigenvalue weighted by atomic mass is 10.2. The molecule has 31 heavy (non-hydrogen) atoms. The van der Waals surface area contributed by atoms with E-state index in [1.54, 1.807) is 24.3 Å². The van der Waals surface area contributed by atoms with Gasteiger partial charge in [0.15, 0.2) is 0 Å². The fourth-order valence-electron chi connectivity index (χ4n) is 2.83. The normalized spacial score (nSPS) is 11.1. The van der Waals surface area contributed by atoms with Crippen LogP contribution >= 0.6 is 11.6 Å². The molecule has 0 unspecified atom stereocenters. The number of carbonyl (C=O) groups excluding carboxylic acids is 1. The number of anilines is 1. The van der Waals surface area contributed by atoms with Crippen molar-refractivity contribution in [3.05, 3.63) is 88.7 Å². The molecule has 0 N–H and O–H groups in total. The molecule has 0 bridgehead atoms. The Morgan fingerprint density at radius 3 is 2.35 bits per heavy atom. The van der Waals surface area contributed by atoms with Gasteiger partial charge in [-0.05, 0) is 48.5 Å². The van der Waals surface area contributed by atoms with Crippen LogP contribution in [0.3, 0.4) is 0 Å². The average Bonchev–Trinajstić information content (AvgIpc) is 2.78. The van der Waals surface area contributed by atoms with E-state index in [0.717, 1.165) is 4.31 Å². The molecule has 6 nitrogen and oxygen atoms in total. The summed E-state index contributed by atoms with van der Waals surface area (Å²) in [5.74, 6) is -0.914. The highest BCUT2D eigenvalue weighted by molar-refractivity contribution is 7.92. The molecule has 3 aromatic rings. The van der Waals surface area contributed by atoms with Gasteiger partial charge in [-0.2, -0.15) is 0 Å². The second-order valence-corrected chi connectivity index (χ2v) is 8.82. The number of carbonyl (C=O) groups is 1. The predicted molar refractivity (Wildman–Crippen MR) is 116 cm³/mol. The molecule has 0 saturated heterocycles. The maximum Gasteiger partial charge on any atom is 0.338 e. The molecule has 0 aromatic heterocycles. The van der Waals surface area contributed by atoms with Gasteiger partial charge in [-0.25, -0.2) is 17.6 Å². The molecule has 0 saturated carbocycles.